The molecule has 1 aliphatic rings. The quantitative estimate of drug-likeness (QED) is 0.373. The van der Waals surface area contributed by atoms with Gasteiger partial charge < -0.3 is 0 Å². The molecule has 2 aromatic carbocycles. The third kappa shape index (κ3) is 3.95. The molecule has 5 rings (SSSR count). The number of rotatable bonds is 4. The van der Waals surface area contributed by atoms with Gasteiger partial charge in [-0.05, 0) is 47.7 Å². The van der Waals surface area contributed by atoms with Gasteiger partial charge in [0.2, 0.25) is 5.16 Å². The number of carbonyl (C=O) groups is 1. The fourth-order valence-corrected chi connectivity index (χ4v) is 4.66. The van der Waals surface area contributed by atoms with Crippen molar-refractivity contribution in [2.45, 2.75) is 29.7 Å². The van der Waals surface area contributed by atoms with Crippen molar-refractivity contribution >= 4 is 46.5 Å². The molecule has 0 amide bonds. The number of fused-ring (bicyclic) bond motifs is 2. The van der Waals surface area contributed by atoms with Crippen LogP contribution in [0.5, 0.6) is 0 Å². The van der Waals surface area contributed by atoms with Crippen LogP contribution in [0.15, 0.2) is 59.9 Å². The molecule has 8 heteroatoms. The van der Waals surface area contributed by atoms with Crippen LogP contribution in [-0.4, -0.2) is 25.4 Å². The van der Waals surface area contributed by atoms with E-state index < -0.39 is 0 Å². The summed E-state index contributed by atoms with van der Waals surface area (Å²) in [6.07, 6.45) is 2.91. The molecule has 0 bridgehead atoms. The summed E-state index contributed by atoms with van der Waals surface area (Å²) in [5, 5.41) is 6.52. The summed E-state index contributed by atoms with van der Waals surface area (Å²) >= 11 is 13.5. The number of benzene rings is 2. The number of halogens is 2. The third-order valence-corrected chi connectivity index (χ3v) is 6.60. The van der Waals surface area contributed by atoms with Crippen LogP contribution in [-0.2, 0) is 12.2 Å². The second-order valence-electron chi connectivity index (χ2n) is 7.24. The molecule has 0 fully saturated rings. The van der Waals surface area contributed by atoms with Crippen molar-refractivity contribution in [3.8, 4) is 0 Å². The van der Waals surface area contributed by atoms with Gasteiger partial charge in [0.15, 0.2) is 5.78 Å². The zero-order chi connectivity index (χ0) is 20.7. The minimum atomic E-state index is 0.0801. The monoisotopic (exact) mass is 454 g/mol. The first-order valence-electron chi connectivity index (χ1n) is 9.47. The average Bonchev–Trinajstić information content (AvgIpc) is 3.14. The number of aromatic nitrogens is 4. The fourth-order valence-electron chi connectivity index (χ4n) is 3.62. The molecule has 1 aliphatic carbocycles. The van der Waals surface area contributed by atoms with Gasteiger partial charge in [0, 0.05) is 28.4 Å². The van der Waals surface area contributed by atoms with Crippen LogP contribution in [0.3, 0.4) is 0 Å². The van der Waals surface area contributed by atoms with Crippen molar-refractivity contribution in [1.82, 2.24) is 19.6 Å². The highest BCUT2D eigenvalue weighted by Crippen LogP contribution is 2.32. The Labute approximate surface area is 187 Å². The van der Waals surface area contributed by atoms with E-state index in [9.17, 15) is 4.79 Å². The minimum absolute atomic E-state index is 0.0801. The smallest absolute Gasteiger partial charge is 0.253 e. The summed E-state index contributed by atoms with van der Waals surface area (Å²) in [7, 11) is 0. The summed E-state index contributed by atoms with van der Waals surface area (Å²) in [6.45, 7) is 0. The van der Waals surface area contributed by atoms with E-state index in [1.165, 1.54) is 11.8 Å². The third-order valence-electron chi connectivity index (χ3n) is 5.19. The molecule has 150 valence electrons. The first kappa shape index (κ1) is 19.5. The summed E-state index contributed by atoms with van der Waals surface area (Å²) in [4.78, 5) is 22.0. The van der Waals surface area contributed by atoms with Crippen LogP contribution >= 0.6 is 35.0 Å². The summed E-state index contributed by atoms with van der Waals surface area (Å²) in [5.74, 6) is 1.41. The molecule has 2 heterocycles. The number of hydrogen-bond donors (Lipinski definition) is 0. The van der Waals surface area contributed by atoms with E-state index in [-0.39, 0.29) is 11.7 Å². The van der Waals surface area contributed by atoms with Gasteiger partial charge in [0.1, 0.15) is 0 Å². The molecule has 0 saturated carbocycles. The zero-order valence-electron chi connectivity index (χ0n) is 15.8. The molecule has 5 nitrogen and oxygen atoms in total. The predicted molar refractivity (Wildman–Crippen MR) is 119 cm³/mol. The number of nitrogens with zero attached hydrogens (tertiary/aromatic N) is 4. The van der Waals surface area contributed by atoms with Crippen LogP contribution in [0.4, 0.5) is 0 Å². The Hall–Kier alpha value is -2.41. The highest BCUT2D eigenvalue weighted by Gasteiger charge is 2.28. The van der Waals surface area contributed by atoms with Crippen LogP contribution in [0.2, 0.25) is 10.0 Å². The largest absolute Gasteiger partial charge is 0.294 e. The molecule has 30 heavy (non-hydrogen) atoms. The van der Waals surface area contributed by atoms with Crippen LogP contribution < -0.4 is 0 Å². The van der Waals surface area contributed by atoms with Crippen molar-refractivity contribution in [3.05, 3.63) is 87.2 Å². The van der Waals surface area contributed by atoms with Gasteiger partial charge in [0.05, 0.1) is 11.3 Å². The van der Waals surface area contributed by atoms with Gasteiger partial charge in [-0.25, -0.2) is 9.50 Å². The van der Waals surface area contributed by atoms with E-state index in [2.05, 4.69) is 15.1 Å². The van der Waals surface area contributed by atoms with Crippen LogP contribution in [0.1, 0.15) is 39.5 Å². The van der Waals surface area contributed by atoms with Crippen molar-refractivity contribution in [3.63, 3.8) is 0 Å². The lowest BCUT2D eigenvalue weighted by Crippen LogP contribution is -2.21. The van der Waals surface area contributed by atoms with Crippen LogP contribution in [0, 0.1) is 0 Å². The Morgan fingerprint density at radius 1 is 0.967 bits per heavy atom. The first-order chi connectivity index (χ1) is 14.5. The van der Waals surface area contributed by atoms with E-state index in [1.807, 2.05) is 48.5 Å². The molecular weight excluding hydrogens is 439 g/mol. The molecular formula is C22H16Cl2N4OS. The zero-order valence-corrected chi connectivity index (χ0v) is 18.1. The standard InChI is InChI=1S/C22H16Cl2N4OS/c23-16-5-1-13(2-6-16)12-30-22-26-21-25-19-9-15(14-3-7-17(24)8-4-14)10-20(29)18(19)11-28(21)27-22/h1-8,11,15H,9-10,12H2/t15-/m1/s1. The number of carbonyl (C=O) groups excluding carboxylic acids is 1. The average molecular weight is 455 g/mol. The maximum absolute atomic E-state index is 12.8. The van der Waals surface area contributed by atoms with Gasteiger partial charge >= 0.3 is 0 Å². The lowest BCUT2D eigenvalue weighted by Gasteiger charge is -2.23. The normalized spacial score (nSPS) is 16.1. The van der Waals surface area contributed by atoms with E-state index >= 15 is 0 Å². The second kappa shape index (κ2) is 8.02. The number of ketones is 1. The molecule has 0 spiro atoms. The number of thioether (sulfide) groups is 1. The Balaban J connectivity index is 1.39. The lowest BCUT2D eigenvalue weighted by molar-refractivity contribution is 0.0962. The Kier molecular flexibility index (Phi) is 5.23. The highest BCUT2D eigenvalue weighted by atomic mass is 35.5. The summed E-state index contributed by atoms with van der Waals surface area (Å²) < 4.78 is 1.60. The van der Waals surface area contributed by atoms with Gasteiger partial charge in [-0.1, -0.05) is 59.2 Å². The maximum atomic E-state index is 12.8. The molecule has 1 atom stereocenters. The summed E-state index contributed by atoms with van der Waals surface area (Å²) in [5.41, 5.74) is 3.64. The minimum Gasteiger partial charge on any atom is -0.294 e. The Morgan fingerprint density at radius 3 is 2.40 bits per heavy atom. The Bertz CT molecular complexity index is 1240. The topological polar surface area (TPSA) is 60.2 Å². The fraction of sp³-hybridized carbons (Fsp3) is 0.182. The van der Waals surface area contributed by atoms with Gasteiger partial charge in [-0.15, -0.1) is 5.10 Å². The van der Waals surface area contributed by atoms with Gasteiger partial charge in [0.25, 0.3) is 5.78 Å². The highest BCUT2D eigenvalue weighted by molar-refractivity contribution is 7.98. The van der Waals surface area contributed by atoms with Crippen molar-refractivity contribution in [2.24, 2.45) is 0 Å². The SMILES string of the molecule is O=C1C[C@H](c2ccc(Cl)cc2)Cc2nc3nc(SCc4ccc(Cl)cc4)nn3cc21. The van der Waals surface area contributed by atoms with Crippen molar-refractivity contribution < 1.29 is 4.79 Å². The number of Topliss-reactive ketones (excluding diaryl/α,β-unsaturated/α-hetero) is 1. The number of hydrogen-bond acceptors (Lipinski definition) is 5. The first-order valence-corrected chi connectivity index (χ1v) is 11.2. The van der Waals surface area contributed by atoms with Gasteiger partial charge in [-0.3, -0.25) is 4.79 Å². The van der Waals surface area contributed by atoms with Crippen molar-refractivity contribution in [2.75, 3.05) is 0 Å². The molecule has 0 aliphatic heterocycles. The van der Waals surface area contributed by atoms with Crippen LogP contribution in [0.25, 0.3) is 5.78 Å². The second-order valence-corrected chi connectivity index (χ2v) is 9.05. The molecule has 0 N–H and O–H groups in total. The molecule has 0 saturated heterocycles. The van der Waals surface area contributed by atoms with Crippen molar-refractivity contribution in [1.29, 1.82) is 0 Å². The lowest BCUT2D eigenvalue weighted by atomic mass is 9.82. The van der Waals surface area contributed by atoms with E-state index in [1.54, 1.807) is 10.7 Å². The molecule has 2 aromatic heterocycles. The predicted octanol–water partition coefficient (Wildman–Crippen LogP) is 5.64. The molecule has 0 unspecified atom stereocenters. The molecule has 0 radical (unpaired) electrons. The maximum Gasteiger partial charge on any atom is 0.253 e. The van der Waals surface area contributed by atoms with Gasteiger partial charge in [-0.2, -0.15) is 4.98 Å². The van der Waals surface area contributed by atoms with E-state index in [0.29, 0.717) is 39.4 Å². The molecule has 4 aromatic rings. The Morgan fingerprint density at radius 2 is 1.67 bits per heavy atom. The van der Waals surface area contributed by atoms with E-state index in [0.717, 1.165) is 22.6 Å². The summed E-state index contributed by atoms with van der Waals surface area (Å²) in [6, 6.07) is 15.4. The van der Waals surface area contributed by atoms with E-state index in [4.69, 9.17) is 23.2 Å².